The van der Waals surface area contributed by atoms with Crippen LogP contribution < -0.4 is 10.6 Å². The number of fused-ring (bicyclic) bond motifs is 2. The molecule has 0 saturated heterocycles. The molecule has 0 amide bonds. The first kappa shape index (κ1) is 32.6. The Morgan fingerprint density at radius 2 is 0.929 bits per heavy atom. The number of phenolic OH excluding ortho intramolecular Hbond substituents is 1. The summed E-state index contributed by atoms with van der Waals surface area (Å²) in [5.74, 6) is -0.870. The number of nitrogens with one attached hydrogen (secondary N) is 2. The molecular weight excluding hydrogens is 623 g/mol. The number of rotatable bonds is 4. The van der Waals surface area contributed by atoms with Crippen molar-refractivity contribution in [1.82, 2.24) is 0 Å². The van der Waals surface area contributed by atoms with Crippen LogP contribution in [0.15, 0.2) is 84.9 Å². The van der Waals surface area contributed by atoms with Crippen LogP contribution in [0, 0.1) is 6.92 Å². The van der Waals surface area contributed by atoms with Gasteiger partial charge in [-0.15, -0.1) is 0 Å². The number of benzene rings is 4. The van der Waals surface area contributed by atoms with Gasteiger partial charge in [0.05, 0.1) is 40.6 Å². The minimum atomic E-state index is -3.19. The van der Waals surface area contributed by atoms with E-state index < -0.39 is 18.1 Å². The van der Waals surface area contributed by atoms with Crippen molar-refractivity contribution < 1.29 is 31.5 Å². The SMILES string of the molecule is CS(=O)(=O)Cl.CS(=O)(=O)Cl.Cc1ccc(O)c2c1C(=O)c1c(Nc3ccccc3)ccc(Nc3ccccc3)c1C2=O. The van der Waals surface area contributed by atoms with Crippen molar-refractivity contribution in [3.8, 4) is 5.75 Å². The van der Waals surface area contributed by atoms with Crippen LogP contribution in [0.5, 0.6) is 5.75 Å². The number of carbonyl (C=O) groups excluding carboxylic acids is 2. The number of aromatic hydroxyl groups is 1. The third-order valence-electron chi connectivity index (χ3n) is 5.61. The second kappa shape index (κ2) is 13.4. The van der Waals surface area contributed by atoms with E-state index in [0.717, 1.165) is 23.9 Å². The molecule has 9 nitrogen and oxygen atoms in total. The predicted molar refractivity (Wildman–Crippen MR) is 167 cm³/mol. The number of anilines is 4. The largest absolute Gasteiger partial charge is 0.507 e. The maximum atomic E-state index is 13.7. The summed E-state index contributed by atoms with van der Waals surface area (Å²) in [7, 11) is 2.62. The van der Waals surface area contributed by atoms with Crippen LogP contribution in [0.1, 0.15) is 37.4 Å². The van der Waals surface area contributed by atoms with Gasteiger partial charge < -0.3 is 15.7 Å². The smallest absolute Gasteiger partial charge is 0.229 e. The van der Waals surface area contributed by atoms with Gasteiger partial charge in [-0.3, -0.25) is 9.59 Å². The summed E-state index contributed by atoms with van der Waals surface area (Å²) in [4.78, 5) is 27.4. The topological polar surface area (TPSA) is 147 Å². The summed E-state index contributed by atoms with van der Waals surface area (Å²) in [5.41, 5.74) is 4.12. The third-order valence-corrected chi connectivity index (χ3v) is 5.61. The first-order valence-electron chi connectivity index (χ1n) is 12.1. The molecule has 42 heavy (non-hydrogen) atoms. The summed E-state index contributed by atoms with van der Waals surface area (Å²) < 4.78 is 37.6. The fourth-order valence-electron chi connectivity index (χ4n) is 4.10. The number of hydrogen-bond acceptors (Lipinski definition) is 9. The summed E-state index contributed by atoms with van der Waals surface area (Å²) >= 11 is 0. The highest BCUT2D eigenvalue weighted by Crippen LogP contribution is 2.41. The molecule has 4 aromatic carbocycles. The first-order chi connectivity index (χ1) is 19.5. The van der Waals surface area contributed by atoms with Crippen LogP contribution in [0.25, 0.3) is 0 Å². The van der Waals surface area contributed by atoms with E-state index in [9.17, 15) is 31.5 Å². The van der Waals surface area contributed by atoms with Gasteiger partial charge in [0, 0.05) is 38.3 Å². The van der Waals surface area contributed by atoms with E-state index in [1.807, 2.05) is 60.7 Å². The lowest BCUT2D eigenvalue weighted by Gasteiger charge is -2.25. The standard InChI is InChI=1S/C27H20N2O3.2CH3ClO2S/c1-16-12-15-21(30)25-22(16)26(31)23-19(28-17-8-4-2-5-9-17)13-14-20(24(23)27(25)32)29-18-10-6-3-7-11-18;2*1-5(2,3)4/h2-15,28-30H,1H3;2*1H3. The number of ketones is 2. The number of phenols is 1. The van der Waals surface area contributed by atoms with Crippen LogP contribution >= 0.6 is 21.4 Å². The molecule has 0 bridgehead atoms. The van der Waals surface area contributed by atoms with Gasteiger partial charge in [-0.05, 0) is 55.0 Å². The summed E-state index contributed by atoms with van der Waals surface area (Å²) in [6.45, 7) is 1.77. The normalized spacial score (nSPS) is 12.0. The molecule has 1 aliphatic carbocycles. The Labute approximate surface area is 253 Å². The molecule has 0 aliphatic heterocycles. The monoisotopic (exact) mass is 648 g/mol. The van der Waals surface area contributed by atoms with Crippen molar-refractivity contribution in [3.05, 3.63) is 113 Å². The Balaban J connectivity index is 0.000000420. The molecule has 4 aromatic rings. The second-order valence-electron chi connectivity index (χ2n) is 9.07. The highest BCUT2D eigenvalue weighted by molar-refractivity contribution is 8.13. The fourth-order valence-corrected chi connectivity index (χ4v) is 4.10. The van der Waals surface area contributed by atoms with Crippen molar-refractivity contribution in [1.29, 1.82) is 0 Å². The summed E-state index contributed by atoms with van der Waals surface area (Å²) in [5, 5.41) is 17.0. The van der Waals surface area contributed by atoms with Crippen molar-refractivity contribution in [2.45, 2.75) is 6.92 Å². The first-order valence-corrected chi connectivity index (χ1v) is 17.5. The number of hydrogen-bond donors (Lipinski definition) is 3. The molecule has 0 unspecified atom stereocenters. The maximum absolute atomic E-state index is 13.7. The van der Waals surface area contributed by atoms with Crippen LogP contribution in [-0.4, -0.2) is 46.0 Å². The number of halogens is 2. The number of carbonyl (C=O) groups is 2. The van der Waals surface area contributed by atoms with Gasteiger partial charge in [0.15, 0.2) is 11.6 Å². The van der Waals surface area contributed by atoms with E-state index in [1.54, 1.807) is 25.1 Å². The molecule has 0 spiro atoms. The van der Waals surface area contributed by atoms with Crippen LogP contribution in [0.3, 0.4) is 0 Å². The van der Waals surface area contributed by atoms with Crippen molar-refractivity contribution >= 4 is 73.8 Å². The van der Waals surface area contributed by atoms with Gasteiger partial charge in [0.1, 0.15) is 5.75 Å². The van der Waals surface area contributed by atoms with Gasteiger partial charge in [0.2, 0.25) is 18.1 Å². The molecule has 0 radical (unpaired) electrons. The Hall–Kier alpha value is -3.90. The molecule has 0 fully saturated rings. The van der Waals surface area contributed by atoms with E-state index in [2.05, 4.69) is 32.0 Å². The van der Waals surface area contributed by atoms with Gasteiger partial charge in [-0.25, -0.2) is 16.8 Å². The molecule has 3 N–H and O–H groups in total. The van der Waals surface area contributed by atoms with Crippen LogP contribution in [0.4, 0.5) is 22.7 Å². The van der Waals surface area contributed by atoms with E-state index in [1.165, 1.54) is 6.07 Å². The molecule has 0 heterocycles. The quantitative estimate of drug-likeness (QED) is 0.190. The van der Waals surface area contributed by atoms with Gasteiger partial charge in [-0.2, -0.15) is 0 Å². The number of aryl methyl sites for hydroxylation is 1. The van der Waals surface area contributed by atoms with E-state index >= 15 is 0 Å². The van der Waals surface area contributed by atoms with E-state index in [4.69, 9.17) is 0 Å². The van der Waals surface area contributed by atoms with E-state index in [0.29, 0.717) is 22.5 Å². The van der Waals surface area contributed by atoms with Gasteiger partial charge in [0.25, 0.3) is 0 Å². The zero-order valence-electron chi connectivity index (χ0n) is 22.6. The minimum absolute atomic E-state index is 0.0514. The Bertz CT molecular complexity index is 1700. The summed E-state index contributed by atoms with van der Waals surface area (Å²) in [6.07, 6.45) is 1.85. The molecule has 5 rings (SSSR count). The second-order valence-corrected chi connectivity index (χ2v) is 15.2. The van der Waals surface area contributed by atoms with Crippen LogP contribution in [0.2, 0.25) is 0 Å². The maximum Gasteiger partial charge on any atom is 0.229 e. The predicted octanol–water partition coefficient (Wildman–Crippen LogP) is 6.33. The zero-order chi connectivity index (χ0) is 31.2. The average molecular weight is 650 g/mol. The zero-order valence-corrected chi connectivity index (χ0v) is 25.7. The van der Waals surface area contributed by atoms with Crippen LogP contribution in [-0.2, 0) is 18.1 Å². The molecule has 0 aromatic heterocycles. The molecule has 13 heteroatoms. The fraction of sp³-hybridized carbons (Fsp3) is 0.103. The lowest BCUT2D eigenvalue weighted by atomic mass is 9.80. The minimum Gasteiger partial charge on any atom is -0.507 e. The Morgan fingerprint density at radius 3 is 1.31 bits per heavy atom. The van der Waals surface area contributed by atoms with Gasteiger partial charge >= 0.3 is 0 Å². The lowest BCUT2D eigenvalue weighted by Crippen LogP contribution is -2.24. The summed E-state index contributed by atoms with van der Waals surface area (Å²) in [6, 6.07) is 25.6. The third kappa shape index (κ3) is 9.05. The average Bonchev–Trinajstić information content (AvgIpc) is 2.88. The molecular formula is C29H26Cl2N2O7S2. The highest BCUT2D eigenvalue weighted by Gasteiger charge is 2.37. The molecule has 0 saturated carbocycles. The Morgan fingerprint density at radius 1 is 0.571 bits per heavy atom. The molecule has 220 valence electrons. The lowest BCUT2D eigenvalue weighted by molar-refractivity contribution is 0.0977. The van der Waals surface area contributed by atoms with Crippen molar-refractivity contribution in [3.63, 3.8) is 0 Å². The molecule has 0 atom stereocenters. The van der Waals surface area contributed by atoms with E-state index in [-0.39, 0.29) is 34.0 Å². The van der Waals surface area contributed by atoms with Crippen molar-refractivity contribution in [2.24, 2.45) is 0 Å². The van der Waals surface area contributed by atoms with Crippen molar-refractivity contribution in [2.75, 3.05) is 23.1 Å². The van der Waals surface area contributed by atoms with Gasteiger partial charge in [-0.1, -0.05) is 42.5 Å². The molecule has 1 aliphatic rings. The Kier molecular flexibility index (Phi) is 10.4. The number of para-hydroxylation sites is 2. The highest BCUT2D eigenvalue weighted by atomic mass is 35.7.